The molecule has 0 heteroatoms. The van der Waals surface area contributed by atoms with Crippen molar-refractivity contribution in [1.82, 2.24) is 0 Å². The van der Waals surface area contributed by atoms with Crippen LogP contribution in [0, 0.1) is 5.41 Å². The zero-order valence-electron chi connectivity index (χ0n) is 13.5. The molecule has 0 saturated heterocycles. The van der Waals surface area contributed by atoms with Crippen LogP contribution in [0.2, 0.25) is 0 Å². The maximum atomic E-state index is 2.35. The number of benzene rings is 1. The molecule has 0 amide bonds. The second kappa shape index (κ2) is 4.72. The summed E-state index contributed by atoms with van der Waals surface area (Å²) in [5, 5.41) is 0. The Bertz CT molecular complexity index is 380. The van der Waals surface area contributed by atoms with Gasteiger partial charge < -0.3 is 0 Å². The third-order valence-corrected chi connectivity index (χ3v) is 3.50. The van der Waals surface area contributed by atoms with E-state index in [1.165, 1.54) is 17.5 Å². The minimum atomic E-state index is 0.243. The lowest BCUT2D eigenvalue weighted by Gasteiger charge is -2.33. The van der Waals surface area contributed by atoms with E-state index in [4.69, 9.17) is 0 Å². The fourth-order valence-electron chi connectivity index (χ4n) is 2.85. The van der Waals surface area contributed by atoms with Crippen LogP contribution in [0.3, 0.4) is 0 Å². The molecule has 1 aromatic rings. The average Bonchev–Trinajstić information content (AvgIpc) is 2.13. The van der Waals surface area contributed by atoms with E-state index in [2.05, 4.69) is 79.7 Å². The summed E-state index contributed by atoms with van der Waals surface area (Å²) in [5.74, 6) is 0. The van der Waals surface area contributed by atoms with Gasteiger partial charge in [0.1, 0.15) is 0 Å². The molecule has 0 atom stereocenters. The summed E-state index contributed by atoms with van der Waals surface area (Å²) in [7, 11) is 0. The molecule has 0 bridgehead atoms. The van der Waals surface area contributed by atoms with Gasteiger partial charge in [-0.15, -0.1) is 0 Å². The van der Waals surface area contributed by atoms with Crippen molar-refractivity contribution >= 4 is 0 Å². The molecule has 0 saturated carbocycles. The fraction of sp³-hybridized carbons (Fsp3) is 0.667. The van der Waals surface area contributed by atoms with Crippen LogP contribution in [0.15, 0.2) is 24.3 Å². The molecule has 102 valence electrons. The highest BCUT2D eigenvalue weighted by Gasteiger charge is 2.27. The van der Waals surface area contributed by atoms with Gasteiger partial charge in [-0.05, 0) is 33.8 Å². The predicted molar refractivity (Wildman–Crippen MR) is 82.2 cm³/mol. The molecule has 0 aliphatic rings. The average molecular weight is 246 g/mol. The van der Waals surface area contributed by atoms with Crippen LogP contribution in [0.25, 0.3) is 0 Å². The van der Waals surface area contributed by atoms with E-state index in [0.29, 0.717) is 5.41 Å². The minimum absolute atomic E-state index is 0.243. The summed E-state index contributed by atoms with van der Waals surface area (Å²) < 4.78 is 0. The zero-order valence-corrected chi connectivity index (χ0v) is 13.5. The molecule has 0 aromatic heterocycles. The first-order chi connectivity index (χ1) is 7.92. The van der Waals surface area contributed by atoms with Gasteiger partial charge in [0.25, 0.3) is 0 Å². The Morgan fingerprint density at radius 2 is 1.06 bits per heavy atom. The van der Waals surface area contributed by atoms with Crippen molar-refractivity contribution in [3.05, 3.63) is 35.4 Å². The van der Waals surface area contributed by atoms with Gasteiger partial charge in [-0.2, -0.15) is 0 Å². The standard InChI is InChI=1S/C18H30/c1-16(2,3)13-18(7,8)15-11-9-14(10-12-15)17(4,5)6/h9-12H,13H2,1-8H3. The SMILES string of the molecule is CC(C)(C)CC(C)(C)c1ccc(C(C)(C)C)cc1. The molecule has 0 nitrogen and oxygen atoms in total. The van der Waals surface area contributed by atoms with Crippen molar-refractivity contribution in [2.24, 2.45) is 5.41 Å². The number of rotatable bonds is 2. The number of hydrogen-bond acceptors (Lipinski definition) is 0. The number of hydrogen-bond donors (Lipinski definition) is 0. The van der Waals surface area contributed by atoms with E-state index in [9.17, 15) is 0 Å². The van der Waals surface area contributed by atoms with E-state index < -0.39 is 0 Å². The largest absolute Gasteiger partial charge is 0.0601 e. The highest BCUT2D eigenvalue weighted by Crippen LogP contribution is 2.36. The molecule has 0 heterocycles. The van der Waals surface area contributed by atoms with Crippen LogP contribution in [0.4, 0.5) is 0 Å². The molecule has 0 N–H and O–H groups in total. The highest BCUT2D eigenvalue weighted by molar-refractivity contribution is 5.31. The van der Waals surface area contributed by atoms with Crippen molar-refractivity contribution in [2.45, 2.75) is 72.6 Å². The Morgan fingerprint density at radius 3 is 1.39 bits per heavy atom. The van der Waals surface area contributed by atoms with E-state index in [0.717, 1.165) is 0 Å². The first-order valence-corrected chi connectivity index (χ1v) is 7.03. The molecule has 0 aliphatic carbocycles. The molecule has 0 aliphatic heterocycles. The van der Waals surface area contributed by atoms with Gasteiger partial charge in [0, 0.05) is 0 Å². The Labute approximate surface area is 114 Å². The van der Waals surface area contributed by atoms with Gasteiger partial charge in [-0.25, -0.2) is 0 Å². The second-order valence-corrected chi connectivity index (χ2v) is 8.45. The van der Waals surface area contributed by atoms with Gasteiger partial charge >= 0.3 is 0 Å². The van der Waals surface area contributed by atoms with E-state index >= 15 is 0 Å². The summed E-state index contributed by atoms with van der Waals surface area (Å²) in [6.45, 7) is 18.5. The molecule has 0 radical (unpaired) electrons. The van der Waals surface area contributed by atoms with Gasteiger partial charge in [-0.1, -0.05) is 79.7 Å². The van der Waals surface area contributed by atoms with Crippen LogP contribution in [-0.2, 0) is 10.8 Å². The highest BCUT2D eigenvalue weighted by atomic mass is 14.3. The first-order valence-electron chi connectivity index (χ1n) is 7.03. The van der Waals surface area contributed by atoms with E-state index in [1.54, 1.807) is 0 Å². The van der Waals surface area contributed by atoms with Crippen LogP contribution in [-0.4, -0.2) is 0 Å². The summed E-state index contributed by atoms with van der Waals surface area (Å²) in [6.07, 6.45) is 1.20. The molecule has 0 spiro atoms. The zero-order chi connectivity index (χ0) is 14.2. The summed E-state index contributed by atoms with van der Waals surface area (Å²) >= 11 is 0. The smallest absolute Gasteiger partial charge is 0.00986 e. The van der Waals surface area contributed by atoms with Crippen molar-refractivity contribution in [3.63, 3.8) is 0 Å². The molecule has 0 fully saturated rings. The quantitative estimate of drug-likeness (QED) is 0.628. The van der Waals surface area contributed by atoms with Crippen molar-refractivity contribution in [2.75, 3.05) is 0 Å². The molecule has 1 aromatic carbocycles. The minimum Gasteiger partial charge on any atom is -0.0601 e. The molecular formula is C18H30. The summed E-state index contributed by atoms with van der Waals surface area (Å²) in [4.78, 5) is 0. The topological polar surface area (TPSA) is 0 Å². The van der Waals surface area contributed by atoms with Gasteiger partial charge in [0.05, 0.1) is 0 Å². The summed E-state index contributed by atoms with van der Waals surface area (Å²) in [5.41, 5.74) is 3.72. The maximum absolute atomic E-state index is 2.35. The lowest BCUT2D eigenvalue weighted by molar-refractivity contribution is 0.284. The molecular weight excluding hydrogens is 216 g/mol. The van der Waals surface area contributed by atoms with Gasteiger partial charge in [0.2, 0.25) is 0 Å². The summed E-state index contributed by atoms with van der Waals surface area (Å²) in [6, 6.07) is 9.21. The monoisotopic (exact) mass is 246 g/mol. The van der Waals surface area contributed by atoms with Crippen LogP contribution >= 0.6 is 0 Å². The Morgan fingerprint density at radius 1 is 0.667 bits per heavy atom. The lowest BCUT2D eigenvalue weighted by atomic mass is 9.72. The first kappa shape index (κ1) is 15.3. The Kier molecular flexibility index (Phi) is 4.00. The maximum Gasteiger partial charge on any atom is -0.00986 e. The third-order valence-electron chi connectivity index (χ3n) is 3.50. The molecule has 18 heavy (non-hydrogen) atoms. The van der Waals surface area contributed by atoms with Crippen LogP contribution in [0.5, 0.6) is 0 Å². The van der Waals surface area contributed by atoms with Gasteiger partial charge in [-0.3, -0.25) is 0 Å². The Hall–Kier alpha value is -0.780. The lowest BCUT2D eigenvalue weighted by Crippen LogP contribution is -2.25. The van der Waals surface area contributed by atoms with Crippen LogP contribution < -0.4 is 0 Å². The van der Waals surface area contributed by atoms with Crippen molar-refractivity contribution in [3.8, 4) is 0 Å². The molecule has 0 unspecified atom stereocenters. The molecule has 1 rings (SSSR count). The fourth-order valence-corrected chi connectivity index (χ4v) is 2.85. The Balaban J connectivity index is 2.98. The second-order valence-electron chi connectivity index (χ2n) is 8.45. The van der Waals surface area contributed by atoms with Crippen molar-refractivity contribution in [1.29, 1.82) is 0 Å². The van der Waals surface area contributed by atoms with E-state index in [1.807, 2.05) is 0 Å². The van der Waals surface area contributed by atoms with Crippen molar-refractivity contribution < 1.29 is 0 Å². The van der Waals surface area contributed by atoms with Crippen LogP contribution in [0.1, 0.15) is 72.9 Å². The van der Waals surface area contributed by atoms with Gasteiger partial charge in [0.15, 0.2) is 0 Å². The van der Waals surface area contributed by atoms with E-state index in [-0.39, 0.29) is 10.8 Å². The third kappa shape index (κ3) is 4.15. The predicted octanol–water partition coefficient (Wildman–Crippen LogP) is 5.70. The normalized spacial score (nSPS) is 13.8.